The normalized spacial score (nSPS) is 18.5. The monoisotopic (exact) mass is 328 g/mol. The summed E-state index contributed by atoms with van der Waals surface area (Å²) in [7, 11) is -3.66. The number of amides is 1. The largest absolute Gasteiger partial charge is 0.486 e. The van der Waals surface area contributed by atoms with E-state index in [1.54, 1.807) is 25.1 Å². The Labute approximate surface area is 130 Å². The summed E-state index contributed by atoms with van der Waals surface area (Å²) < 4.78 is 37.6. The maximum absolute atomic E-state index is 12.1. The molecule has 122 valence electrons. The molecule has 0 fully saturated rings. The van der Waals surface area contributed by atoms with Gasteiger partial charge in [-0.1, -0.05) is 12.1 Å². The molecule has 0 spiro atoms. The van der Waals surface area contributed by atoms with Gasteiger partial charge < -0.3 is 14.8 Å². The van der Waals surface area contributed by atoms with Crippen molar-refractivity contribution in [2.24, 2.45) is 0 Å². The third-order valence-electron chi connectivity index (χ3n) is 3.07. The molecular formula is C14H20N2O5S. The van der Waals surface area contributed by atoms with Crippen LogP contribution in [0.1, 0.15) is 13.8 Å². The summed E-state index contributed by atoms with van der Waals surface area (Å²) in [5.74, 6) is 0.480. The van der Waals surface area contributed by atoms with Crippen LogP contribution in [0.15, 0.2) is 24.3 Å². The first-order valence-corrected chi connectivity index (χ1v) is 8.72. The van der Waals surface area contributed by atoms with E-state index in [9.17, 15) is 13.2 Å². The second-order valence-corrected chi connectivity index (χ2v) is 6.81. The Morgan fingerprint density at radius 3 is 2.73 bits per heavy atom. The van der Waals surface area contributed by atoms with Crippen LogP contribution in [-0.4, -0.2) is 45.4 Å². The Morgan fingerprint density at radius 1 is 1.36 bits per heavy atom. The van der Waals surface area contributed by atoms with Crippen LogP contribution in [0, 0.1) is 0 Å². The SMILES string of the molecule is CCNC(=O)C(C)NS(=O)(=O)CC1COc2ccccc2O1. The highest BCUT2D eigenvalue weighted by molar-refractivity contribution is 7.89. The lowest BCUT2D eigenvalue weighted by molar-refractivity contribution is -0.122. The summed E-state index contributed by atoms with van der Waals surface area (Å²) in [6.07, 6.45) is -0.617. The molecule has 2 atom stereocenters. The minimum atomic E-state index is -3.66. The second kappa shape index (κ2) is 6.97. The number of likely N-dealkylation sites (N-methyl/N-ethyl adjacent to an activating group) is 1. The van der Waals surface area contributed by atoms with Crippen molar-refractivity contribution in [1.82, 2.24) is 10.0 Å². The van der Waals surface area contributed by atoms with Crippen LogP contribution in [-0.2, 0) is 14.8 Å². The van der Waals surface area contributed by atoms with Gasteiger partial charge in [-0.2, -0.15) is 0 Å². The van der Waals surface area contributed by atoms with Crippen LogP contribution >= 0.6 is 0 Å². The number of carbonyl (C=O) groups is 1. The molecule has 7 nitrogen and oxygen atoms in total. The molecule has 0 bridgehead atoms. The van der Waals surface area contributed by atoms with E-state index in [0.29, 0.717) is 18.0 Å². The molecule has 1 aliphatic rings. The quantitative estimate of drug-likeness (QED) is 0.782. The van der Waals surface area contributed by atoms with Gasteiger partial charge in [-0.05, 0) is 26.0 Å². The van der Waals surface area contributed by atoms with Gasteiger partial charge in [0.1, 0.15) is 18.5 Å². The molecule has 2 unspecified atom stereocenters. The molecule has 1 heterocycles. The van der Waals surface area contributed by atoms with Crippen molar-refractivity contribution in [3.63, 3.8) is 0 Å². The number of ether oxygens (including phenoxy) is 2. The average molecular weight is 328 g/mol. The van der Waals surface area contributed by atoms with Crippen LogP contribution in [0.5, 0.6) is 11.5 Å². The van der Waals surface area contributed by atoms with Crippen molar-refractivity contribution in [3.8, 4) is 11.5 Å². The van der Waals surface area contributed by atoms with E-state index in [0.717, 1.165) is 0 Å². The highest BCUT2D eigenvalue weighted by Gasteiger charge is 2.28. The number of carbonyl (C=O) groups excluding carboxylic acids is 1. The minimum Gasteiger partial charge on any atom is -0.486 e. The van der Waals surface area contributed by atoms with Crippen LogP contribution in [0.2, 0.25) is 0 Å². The Morgan fingerprint density at radius 2 is 2.05 bits per heavy atom. The van der Waals surface area contributed by atoms with E-state index in [-0.39, 0.29) is 18.3 Å². The molecule has 0 aromatic heterocycles. The zero-order chi connectivity index (χ0) is 16.2. The maximum atomic E-state index is 12.1. The van der Waals surface area contributed by atoms with Gasteiger partial charge in [0, 0.05) is 6.54 Å². The van der Waals surface area contributed by atoms with E-state index < -0.39 is 22.2 Å². The number of hydrogen-bond acceptors (Lipinski definition) is 5. The molecular weight excluding hydrogens is 308 g/mol. The molecule has 8 heteroatoms. The van der Waals surface area contributed by atoms with E-state index in [1.165, 1.54) is 6.92 Å². The summed E-state index contributed by atoms with van der Waals surface area (Å²) in [5, 5.41) is 2.56. The van der Waals surface area contributed by atoms with Gasteiger partial charge >= 0.3 is 0 Å². The molecule has 0 saturated heterocycles. The molecule has 0 saturated carbocycles. The first-order valence-electron chi connectivity index (χ1n) is 7.07. The topological polar surface area (TPSA) is 93.7 Å². The Bertz CT molecular complexity index is 632. The Kier molecular flexibility index (Phi) is 5.25. The molecule has 1 aliphatic heterocycles. The molecule has 0 radical (unpaired) electrons. The molecule has 1 amide bonds. The van der Waals surface area contributed by atoms with Crippen molar-refractivity contribution in [2.75, 3.05) is 18.9 Å². The van der Waals surface area contributed by atoms with Gasteiger partial charge in [0.25, 0.3) is 0 Å². The first-order chi connectivity index (χ1) is 10.4. The number of hydrogen-bond donors (Lipinski definition) is 2. The molecule has 0 aliphatic carbocycles. The number of sulfonamides is 1. The zero-order valence-corrected chi connectivity index (χ0v) is 13.4. The van der Waals surface area contributed by atoms with Gasteiger partial charge in [-0.3, -0.25) is 4.79 Å². The predicted octanol–water partition coefficient (Wildman–Crippen LogP) is 0.270. The van der Waals surface area contributed by atoms with E-state index in [1.807, 2.05) is 6.07 Å². The number of fused-ring (bicyclic) bond motifs is 1. The summed E-state index contributed by atoms with van der Waals surface area (Å²) in [6, 6.07) is 6.25. The summed E-state index contributed by atoms with van der Waals surface area (Å²) >= 11 is 0. The number of rotatable bonds is 6. The zero-order valence-electron chi connectivity index (χ0n) is 12.5. The number of nitrogens with one attached hydrogen (secondary N) is 2. The highest BCUT2D eigenvalue weighted by atomic mass is 32.2. The van der Waals surface area contributed by atoms with Crippen molar-refractivity contribution in [1.29, 1.82) is 0 Å². The lowest BCUT2D eigenvalue weighted by atomic mass is 10.3. The molecule has 2 rings (SSSR count). The molecule has 22 heavy (non-hydrogen) atoms. The average Bonchev–Trinajstić information content (AvgIpc) is 2.46. The van der Waals surface area contributed by atoms with Crippen molar-refractivity contribution in [3.05, 3.63) is 24.3 Å². The van der Waals surface area contributed by atoms with Crippen LogP contribution in [0.3, 0.4) is 0 Å². The van der Waals surface area contributed by atoms with Crippen molar-refractivity contribution >= 4 is 15.9 Å². The minimum absolute atomic E-state index is 0.146. The lowest BCUT2D eigenvalue weighted by Crippen LogP contribution is -2.48. The van der Waals surface area contributed by atoms with E-state index in [2.05, 4.69) is 10.0 Å². The van der Waals surface area contributed by atoms with Gasteiger partial charge in [-0.25, -0.2) is 13.1 Å². The third kappa shape index (κ3) is 4.35. The maximum Gasteiger partial charge on any atom is 0.237 e. The van der Waals surface area contributed by atoms with E-state index in [4.69, 9.17) is 9.47 Å². The fraction of sp³-hybridized carbons (Fsp3) is 0.500. The standard InChI is InChI=1S/C14H20N2O5S/c1-3-15-14(17)10(2)16-22(18,19)9-11-8-20-12-6-4-5-7-13(12)21-11/h4-7,10-11,16H,3,8-9H2,1-2H3,(H,15,17). The summed E-state index contributed by atoms with van der Waals surface area (Å²) in [6.45, 7) is 3.86. The smallest absolute Gasteiger partial charge is 0.237 e. The fourth-order valence-corrected chi connectivity index (χ4v) is 3.48. The van der Waals surface area contributed by atoms with Gasteiger partial charge in [0.05, 0.1) is 6.04 Å². The van der Waals surface area contributed by atoms with Crippen molar-refractivity contribution < 1.29 is 22.7 Å². The van der Waals surface area contributed by atoms with Crippen molar-refractivity contribution in [2.45, 2.75) is 26.0 Å². The highest BCUT2D eigenvalue weighted by Crippen LogP contribution is 2.31. The Balaban J connectivity index is 1.94. The molecule has 2 N–H and O–H groups in total. The molecule has 1 aromatic rings. The van der Waals surface area contributed by atoms with E-state index >= 15 is 0 Å². The number of para-hydroxylation sites is 2. The predicted molar refractivity (Wildman–Crippen MR) is 81.4 cm³/mol. The second-order valence-electron chi connectivity index (χ2n) is 5.01. The first kappa shape index (κ1) is 16.6. The van der Waals surface area contributed by atoms with Gasteiger partial charge in [0.15, 0.2) is 11.5 Å². The van der Waals surface area contributed by atoms with Crippen LogP contribution < -0.4 is 19.5 Å². The Hall–Kier alpha value is -1.80. The van der Waals surface area contributed by atoms with Crippen LogP contribution in [0.25, 0.3) is 0 Å². The summed E-state index contributed by atoms with van der Waals surface area (Å²) in [5.41, 5.74) is 0. The molecule has 1 aromatic carbocycles. The van der Waals surface area contributed by atoms with Gasteiger partial charge in [0.2, 0.25) is 15.9 Å². The third-order valence-corrected chi connectivity index (χ3v) is 4.60. The number of benzene rings is 1. The fourth-order valence-electron chi connectivity index (χ4n) is 2.09. The van der Waals surface area contributed by atoms with Crippen LogP contribution in [0.4, 0.5) is 0 Å². The van der Waals surface area contributed by atoms with Gasteiger partial charge in [-0.15, -0.1) is 0 Å². The lowest BCUT2D eigenvalue weighted by Gasteiger charge is -2.26. The summed E-state index contributed by atoms with van der Waals surface area (Å²) in [4.78, 5) is 11.6.